The normalized spacial score (nSPS) is 20.0. The summed E-state index contributed by atoms with van der Waals surface area (Å²) >= 11 is 0. The maximum absolute atomic E-state index is 7.33. The second kappa shape index (κ2) is 3.46. The highest BCUT2D eigenvalue weighted by Crippen LogP contribution is 2.15. The van der Waals surface area contributed by atoms with Gasteiger partial charge in [0.25, 0.3) is 0 Å². The van der Waals surface area contributed by atoms with Crippen LogP contribution >= 0.6 is 0 Å². The van der Waals surface area contributed by atoms with Gasteiger partial charge in [0.05, 0.1) is 0 Å². The molecule has 0 unspecified atom stereocenters. The van der Waals surface area contributed by atoms with Crippen molar-refractivity contribution in [3.8, 4) is 0 Å². The van der Waals surface area contributed by atoms with Crippen LogP contribution in [0.1, 0.15) is 20.3 Å². The molecule has 1 N–H and O–H groups in total. The Morgan fingerprint density at radius 1 is 1.73 bits per heavy atom. The minimum Gasteiger partial charge on any atom is -0.126 e. The van der Waals surface area contributed by atoms with E-state index < -0.39 is 0 Å². The van der Waals surface area contributed by atoms with Crippen LogP contribution in [0.3, 0.4) is 0 Å². The van der Waals surface area contributed by atoms with E-state index >= 15 is 0 Å². The van der Waals surface area contributed by atoms with Gasteiger partial charge >= 0.3 is 0 Å². The molecule has 0 amide bonds. The second-order valence-corrected chi connectivity index (χ2v) is 2.90. The summed E-state index contributed by atoms with van der Waals surface area (Å²) in [5, 5.41) is 0. The summed E-state index contributed by atoms with van der Waals surface area (Å²) in [6.45, 7) is 5.84. The number of hydrogen-bond donors (Lipinski definition) is 1. The van der Waals surface area contributed by atoms with Crippen molar-refractivity contribution in [2.24, 2.45) is 0 Å². The predicted octanol–water partition coefficient (Wildman–Crippen LogP) is 2.33. The van der Waals surface area contributed by atoms with Crippen molar-refractivity contribution in [3.05, 3.63) is 23.3 Å². The summed E-state index contributed by atoms with van der Waals surface area (Å²) in [7, 11) is 0. The maximum Gasteiger partial charge on any atom is 0.187 e. The Labute approximate surface area is 67.7 Å². The average molecular weight is 151 g/mol. The maximum atomic E-state index is 7.33. The predicted molar refractivity (Wildman–Crippen MR) is 44.8 cm³/mol. The van der Waals surface area contributed by atoms with Crippen molar-refractivity contribution in [3.63, 3.8) is 0 Å². The van der Waals surface area contributed by atoms with Crippen LogP contribution in [0.2, 0.25) is 0 Å². The van der Waals surface area contributed by atoms with Crippen LogP contribution in [0.4, 0.5) is 0 Å². The Balaban J connectivity index is 2.68. The lowest BCUT2D eigenvalue weighted by atomic mass is 10.0. The Kier molecular flexibility index (Phi) is 2.58. The highest BCUT2D eigenvalue weighted by atomic mass is 15.2. The third-order valence-electron chi connectivity index (χ3n) is 2.15. The number of rotatable bonds is 1. The molecule has 60 valence electrons. The molecule has 0 saturated carbocycles. The van der Waals surface area contributed by atoms with E-state index in [2.05, 4.69) is 26.0 Å². The molecule has 0 fully saturated rings. The van der Waals surface area contributed by atoms with Crippen molar-refractivity contribution in [2.45, 2.75) is 20.3 Å². The van der Waals surface area contributed by atoms with Gasteiger partial charge in [-0.2, -0.15) is 0 Å². The van der Waals surface area contributed by atoms with Gasteiger partial charge in [-0.15, -0.1) is 4.70 Å². The SMILES string of the molecule is C/C=C(/C)C1=CC[N+](=N)CC1. The molecule has 0 aromatic carbocycles. The molecule has 0 aliphatic carbocycles. The van der Waals surface area contributed by atoms with Crippen molar-refractivity contribution in [2.75, 3.05) is 13.1 Å². The monoisotopic (exact) mass is 151 g/mol. The van der Waals surface area contributed by atoms with Gasteiger partial charge in [-0.25, -0.2) is 0 Å². The first-order valence-electron chi connectivity index (χ1n) is 4.02. The lowest BCUT2D eigenvalue weighted by Crippen LogP contribution is -2.16. The third-order valence-corrected chi connectivity index (χ3v) is 2.15. The van der Waals surface area contributed by atoms with Crippen LogP contribution in [0.5, 0.6) is 0 Å². The largest absolute Gasteiger partial charge is 0.187 e. The van der Waals surface area contributed by atoms with Crippen molar-refractivity contribution >= 4 is 0 Å². The van der Waals surface area contributed by atoms with Gasteiger partial charge in [-0.05, 0) is 25.5 Å². The molecular weight excluding hydrogens is 136 g/mol. The van der Waals surface area contributed by atoms with E-state index in [4.69, 9.17) is 5.53 Å². The summed E-state index contributed by atoms with van der Waals surface area (Å²) in [6, 6.07) is 0. The summed E-state index contributed by atoms with van der Waals surface area (Å²) in [6.07, 6.45) is 5.30. The molecule has 11 heavy (non-hydrogen) atoms. The van der Waals surface area contributed by atoms with Gasteiger partial charge < -0.3 is 0 Å². The van der Waals surface area contributed by atoms with E-state index in [0.29, 0.717) is 0 Å². The van der Waals surface area contributed by atoms with E-state index in [9.17, 15) is 0 Å². The highest BCUT2D eigenvalue weighted by Gasteiger charge is 2.12. The zero-order valence-corrected chi connectivity index (χ0v) is 7.22. The number of nitrogens with zero attached hydrogens (tertiary/aromatic N) is 1. The van der Waals surface area contributed by atoms with E-state index in [1.807, 2.05) is 0 Å². The zero-order valence-electron chi connectivity index (χ0n) is 7.22. The Bertz CT molecular complexity index is 224. The molecule has 0 aromatic heterocycles. The molecule has 1 rings (SSSR count). The van der Waals surface area contributed by atoms with Crippen LogP contribution < -0.4 is 0 Å². The standard InChI is InChI=1S/C9H15N2/c1-3-8(2)9-4-6-11(10)7-5-9/h3-4,10H,5-7H2,1-2H3/q+1/b8-3-,11-10?. The molecule has 0 aromatic rings. The quantitative estimate of drug-likeness (QED) is 0.557. The van der Waals surface area contributed by atoms with E-state index in [1.165, 1.54) is 11.1 Å². The second-order valence-electron chi connectivity index (χ2n) is 2.90. The molecule has 2 heteroatoms. The van der Waals surface area contributed by atoms with Crippen LogP contribution in [-0.2, 0) is 0 Å². The summed E-state index contributed by atoms with van der Waals surface area (Å²) in [4.78, 5) is 0. The average Bonchev–Trinajstić information content (AvgIpc) is 2.05. The smallest absolute Gasteiger partial charge is 0.126 e. The van der Waals surface area contributed by atoms with Gasteiger partial charge in [0.1, 0.15) is 0 Å². The van der Waals surface area contributed by atoms with Gasteiger partial charge in [0.2, 0.25) is 0 Å². The molecule has 2 nitrogen and oxygen atoms in total. The topological polar surface area (TPSA) is 26.9 Å². The van der Waals surface area contributed by atoms with Crippen molar-refractivity contribution in [1.82, 2.24) is 0 Å². The zero-order chi connectivity index (χ0) is 8.27. The van der Waals surface area contributed by atoms with E-state index in [-0.39, 0.29) is 0 Å². The fourth-order valence-electron chi connectivity index (χ4n) is 1.21. The fourth-order valence-corrected chi connectivity index (χ4v) is 1.21. The van der Waals surface area contributed by atoms with Crippen LogP contribution in [0.15, 0.2) is 23.3 Å². The lowest BCUT2D eigenvalue weighted by molar-refractivity contribution is -0.608. The first-order valence-corrected chi connectivity index (χ1v) is 4.02. The minimum absolute atomic E-state index is 0.778. The highest BCUT2D eigenvalue weighted by molar-refractivity contribution is 5.29. The van der Waals surface area contributed by atoms with Crippen molar-refractivity contribution in [1.29, 1.82) is 5.53 Å². The van der Waals surface area contributed by atoms with Crippen molar-refractivity contribution < 1.29 is 4.70 Å². The first-order chi connectivity index (χ1) is 5.24. The molecular formula is C9H15N2+. The summed E-state index contributed by atoms with van der Waals surface area (Å²) in [5.41, 5.74) is 10.1. The van der Waals surface area contributed by atoms with Gasteiger partial charge in [0, 0.05) is 6.42 Å². The summed E-state index contributed by atoms with van der Waals surface area (Å²) in [5.74, 6) is 0. The number of nitrogens with one attached hydrogen (secondary N) is 1. The molecule has 0 saturated heterocycles. The molecule has 0 radical (unpaired) electrons. The summed E-state index contributed by atoms with van der Waals surface area (Å²) < 4.78 is 1.59. The molecule has 1 heterocycles. The first kappa shape index (κ1) is 8.18. The van der Waals surface area contributed by atoms with Crippen LogP contribution in [0, 0.1) is 5.53 Å². The molecule has 0 bridgehead atoms. The molecule has 1 aliphatic heterocycles. The van der Waals surface area contributed by atoms with Gasteiger partial charge in [0.15, 0.2) is 13.1 Å². The Hall–Kier alpha value is -0.920. The number of allylic oxidation sites excluding steroid dienone is 2. The molecule has 0 spiro atoms. The van der Waals surface area contributed by atoms with E-state index in [1.54, 1.807) is 4.70 Å². The molecule has 0 atom stereocenters. The number of hydrogen-bond acceptors (Lipinski definition) is 1. The van der Waals surface area contributed by atoms with Gasteiger partial charge in [-0.3, -0.25) is 0 Å². The Morgan fingerprint density at radius 3 is 2.91 bits per heavy atom. The van der Waals surface area contributed by atoms with Crippen LogP contribution in [0.25, 0.3) is 0 Å². The minimum atomic E-state index is 0.778. The Morgan fingerprint density at radius 2 is 2.45 bits per heavy atom. The van der Waals surface area contributed by atoms with Crippen LogP contribution in [-0.4, -0.2) is 17.8 Å². The lowest BCUT2D eigenvalue weighted by Gasteiger charge is -2.09. The molecule has 1 aliphatic rings. The third kappa shape index (κ3) is 2.00. The van der Waals surface area contributed by atoms with E-state index in [0.717, 1.165) is 19.5 Å². The fraction of sp³-hybridized carbons (Fsp3) is 0.556. The van der Waals surface area contributed by atoms with Gasteiger partial charge in [-0.1, -0.05) is 17.2 Å².